The van der Waals surface area contributed by atoms with Crippen molar-refractivity contribution in [2.45, 2.75) is 95.3 Å². The molecule has 2 bridgehead atoms. The lowest BCUT2D eigenvalue weighted by Crippen LogP contribution is -2.29. The minimum absolute atomic E-state index is 0.171. The molecule has 270 valence electrons. The fourth-order valence-electron chi connectivity index (χ4n) is 11.1. The number of hydrogen-bond acceptors (Lipinski definition) is 1. The first-order chi connectivity index (χ1) is 26.5. The maximum Gasteiger partial charge on any atom is 0.0471 e. The van der Waals surface area contributed by atoms with Crippen LogP contribution in [0.25, 0.3) is 33.4 Å². The molecule has 4 saturated carbocycles. The van der Waals surface area contributed by atoms with Crippen LogP contribution >= 0.6 is 0 Å². The summed E-state index contributed by atoms with van der Waals surface area (Å²) in [4.78, 5) is 2.54. The zero-order chi connectivity index (χ0) is 36.2. The smallest absolute Gasteiger partial charge is 0.0471 e. The molecule has 0 saturated heterocycles. The molecule has 11 rings (SSSR count). The monoisotopic (exact) mass is 703 g/mol. The maximum atomic E-state index is 2.54. The van der Waals surface area contributed by atoms with Crippen LogP contribution in [0.1, 0.15) is 112 Å². The van der Waals surface area contributed by atoms with Gasteiger partial charge in [-0.05, 0) is 154 Å². The van der Waals surface area contributed by atoms with Crippen molar-refractivity contribution in [2.75, 3.05) is 4.90 Å². The highest BCUT2D eigenvalue weighted by molar-refractivity contribution is 5.96. The van der Waals surface area contributed by atoms with E-state index < -0.39 is 0 Å². The summed E-state index contributed by atoms with van der Waals surface area (Å²) >= 11 is 0. The highest BCUT2D eigenvalue weighted by Crippen LogP contribution is 2.56. The Bertz CT molecular complexity index is 2250. The summed E-state index contributed by atoms with van der Waals surface area (Å²) in [7, 11) is 0. The first-order valence-electron chi connectivity index (χ1n) is 21.0. The Morgan fingerprint density at radius 1 is 0.481 bits per heavy atom. The predicted molar refractivity (Wildman–Crippen MR) is 228 cm³/mol. The number of fused-ring (bicyclic) bond motifs is 6. The van der Waals surface area contributed by atoms with Crippen molar-refractivity contribution in [1.82, 2.24) is 0 Å². The van der Waals surface area contributed by atoms with Crippen LogP contribution in [0.4, 0.5) is 17.1 Å². The van der Waals surface area contributed by atoms with Gasteiger partial charge in [-0.15, -0.1) is 0 Å². The van der Waals surface area contributed by atoms with E-state index in [1.54, 1.807) is 5.56 Å². The molecule has 6 aromatic carbocycles. The molecule has 5 aliphatic rings. The maximum absolute atomic E-state index is 2.54. The van der Waals surface area contributed by atoms with Gasteiger partial charge in [-0.2, -0.15) is 0 Å². The third kappa shape index (κ3) is 5.92. The summed E-state index contributed by atoms with van der Waals surface area (Å²) in [5, 5.41) is 0. The molecule has 5 aliphatic carbocycles. The molecule has 0 amide bonds. The largest absolute Gasteiger partial charge is 0.310 e. The Kier molecular flexibility index (Phi) is 8.58. The van der Waals surface area contributed by atoms with Crippen LogP contribution in [0.2, 0.25) is 0 Å². The van der Waals surface area contributed by atoms with E-state index in [9.17, 15) is 0 Å². The molecule has 4 fully saturated rings. The SMILES string of the molecule is CC1(C)c2cc(-c3ccccc3)ccc2-c2c(-c3ccccc3)cc(N(c3ccc(C4CCCCC4)cc3)c3ccc(C4CC5CCC4CC5)cc3)cc21. The molecule has 0 N–H and O–H groups in total. The molecule has 0 radical (unpaired) electrons. The third-order valence-corrected chi connectivity index (χ3v) is 14.1. The lowest BCUT2D eigenvalue weighted by Gasteiger charge is -2.42. The standard InChI is InChI=1S/C53H53N/c1-53(2)50-33-43(38-14-8-4-9-15-38)26-31-47(50)52-49(40-16-10-5-11-17-40)34-46(35-51(52)53)54(44-27-22-39(23-28-44)37-12-6-3-7-13-37)45-29-24-42(25-30-45)48-32-36-18-20-41(48)21-19-36/h4-5,8-11,14-17,22-31,33-37,41,48H,3,6-7,12-13,18-21,32H2,1-2H3. The van der Waals surface area contributed by atoms with Gasteiger partial charge in [0.1, 0.15) is 0 Å². The molecule has 1 unspecified atom stereocenters. The minimum Gasteiger partial charge on any atom is -0.310 e. The van der Waals surface area contributed by atoms with Crippen molar-refractivity contribution >= 4 is 17.1 Å². The molecule has 1 heteroatoms. The molecule has 0 aliphatic heterocycles. The molecule has 0 heterocycles. The molecule has 0 aromatic heterocycles. The van der Waals surface area contributed by atoms with Gasteiger partial charge in [0.15, 0.2) is 0 Å². The Labute approximate surface area is 323 Å². The van der Waals surface area contributed by atoms with Crippen LogP contribution in [0.3, 0.4) is 0 Å². The topological polar surface area (TPSA) is 3.24 Å². The van der Waals surface area contributed by atoms with E-state index in [4.69, 9.17) is 0 Å². The lowest BCUT2D eigenvalue weighted by molar-refractivity contribution is 0.145. The summed E-state index contributed by atoms with van der Waals surface area (Å²) in [5.74, 6) is 3.20. The zero-order valence-corrected chi connectivity index (χ0v) is 32.1. The zero-order valence-electron chi connectivity index (χ0n) is 32.1. The fraction of sp³-hybridized carbons (Fsp3) is 0.321. The van der Waals surface area contributed by atoms with Crippen molar-refractivity contribution in [3.05, 3.63) is 162 Å². The van der Waals surface area contributed by atoms with Gasteiger partial charge < -0.3 is 4.90 Å². The second kappa shape index (κ2) is 13.8. The number of rotatable bonds is 7. The van der Waals surface area contributed by atoms with E-state index in [2.05, 4.69) is 158 Å². The Hall–Kier alpha value is -4.88. The van der Waals surface area contributed by atoms with Crippen LogP contribution < -0.4 is 4.90 Å². The van der Waals surface area contributed by atoms with Gasteiger partial charge in [0.2, 0.25) is 0 Å². The van der Waals surface area contributed by atoms with Crippen LogP contribution in [-0.4, -0.2) is 0 Å². The molecule has 6 aromatic rings. The minimum atomic E-state index is -0.171. The van der Waals surface area contributed by atoms with Gasteiger partial charge in [-0.3, -0.25) is 0 Å². The van der Waals surface area contributed by atoms with Gasteiger partial charge in [0.05, 0.1) is 0 Å². The number of anilines is 3. The van der Waals surface area contributed by atoms with Gasteiger partial charge in [0, 0.05) is 22.5 Å². The van der Waals surface area contributed by atoms with Gasteiger partial charge in [-0.25, -0.2) is 0 Å². The second-order valence-corrected chi connectivity index (χ2v) is 17.5. The third-order valence-electron chi connectivity index (χ3n) is 14.1. The van der Waals surface area contributed by atoms with Gasteiger partial charge >= 0.3 is 0 Å². The molecular formula is C53H53N. The van der Waals surface area contributed by atoms with Crippen molar-refractivity contribution in [1.29, 1.82) is 0 Å². The fourth-order valence-corrected chi connectivity index (χ4v) is 11.1. The summed E-state index contributed by atoms with van der Waals surface area (Å²) < 4.78 is 0. The van der Waals surface area contributed by atoms with Gasteiger partial charge in [-0.1, -0.05) is 143 Å². The van der Waals surface area contributed by atoms with Crippen molar-refractivity contribution in [3.8, 4) is 33.4 Å². The van der Waals surface area contributed by atoms with E-state index in [-0.39, 0.29) is 5.41 Å². The number of nitrogens with zero attached hydrogens (tertiary/aromatic N) is 1. The summed E-state index contributed by atoms with van der Waals surface area (Å²) in [5.41, 5.74) is 17.2. The first-order valence-corrected chi connectivity index (χ1v) is 21.0. The molecular weight excluding hydrogens is 651 g/mol. The average molecular weight is 704 g/mol. The van der Waals surface area contributed by atoms with Crippen LogP contribution in [-0.2, 0) is 5.41 Å². The van der Waals surface area contributed by atoms with E-state index >= 15 is 0 Å². The number of benzene rings is 6. The highest BCUT2D eigenvalue weighted by Gasteiger charge is 2.39. The van der Waals surface area contributed by atoms with Crippen molar-refractivity contribution in [2.24, 2.45) is 11.8 Å². The summed E-state index contributed by atoms with van der Waals surface area (Å²) in [6.45, 7) is 4.86. The van der Waals surface area contributed by atoms with Crippen molar-refractivity contribution in [3.63, 3.8) is 0 Å². The lowest BCUT2D eigenvalue weighted by atomic mass is 9.63. The Morgan fingerprint density at radius 2 is 1.11 bits per heavy atom. The Balaban J connectivity index is 1.12. The molecule has 0 spiro atoms. The average Bonchev–Trinajstić information content (AvgIpc) is 3.47. The van der Waals surface area contributed by atoms with Crippen LogP contribution in [0, 0.1) is 11.8 Å². The Morgan fingerprint density at radius 3 is 1.74 bits per heavy atom. The van der Waals surface area contributed by atoms with Crippen molar-refractivity contribution < 1.29 is 0 Å². The first kappa shape index (κ1) is 33.7. The number of hydrogen-bond donors (Lipinski definition) is 0. The van der Waals surface area contributed by atoms with E-state index in [1.807, 2.05) is 0 Å². The highest BCUT2D eigenvalue weighted by atomic mass is 15.1. The molecule has 1 nitrogen and oxygen atoms in total. The van der Waals surface area contributed by atoms with E-state index in [0.717, 1.165) is 17.8 Å². The second-order valence-electron chi connectivity index (χ2n) is 17.5. The van der Waals surface area contributed by atoms with Gasteiger partial charge in [0.25, 0.3) is 0 Å². The van der Waals surface area contributed by atoms with Crippen LogP contribution in [0.5, 0.6) is 0 Å². The summed E-state index contributed by atoms with van der Waals surface area (Å²) in [6, 6.07) is 53.6. The molecule has 54 heavy (non-hydrogen) atoms. The molecule has 1 atom stereocenters. The quantitative estimate of drug-likeness (QED) is 0.160. The normalized spacial score (nSPS) is 21.4. The van der Waals surface area contributed by atoms with E-state index in [0.29, 0.717) is 5.92 Å². The predicted octanol–water partition coefficient (Wildman–Crippen LogP) is 15.1. The van der Waals surface area contributed by atoms with E-state index in [1.165, 1.54) is 131 Å². The van der Waals surface area contributed by atoms with Crippen LogP contribution in [0.15, 0.2) is 140 Å². The summed E-state index contributed by atoms with van der Waals surface area (Å²) in [6.07, 6.45) is 13.8.